The van der Waals surface area contributed by atoms with Gasteiger partial charge in [-0.25, -0.2) is 8.97 Å². The highest BCUT2D eigenvalue weighted by Crippen LogP contribution is 2.36. The highest BCUT2D eigenvalue weighted by Gasteiger charge is 2.24. The summed E-state index contributed by atoms with van der Waals surface area (Å²) in [6.45, 7) is 2.11. The number of nitrogens with zero attached hydrogens (tertiary/aromatic N) is 4. The Kier molecular flexibility index (Phi) is 4.28. The van der Waals surface area contributed by atoms with E-state index in [4.69, 9.17) is 0 Å². The van der Waals surface area contributed by atoms with Gasteiger partial charge < -0.3 is 0 Å². The zero-order chi connectivity index (χ0) is 18.4. The first-order valence-corrected chi connectivity index (χ1v) is 11.2. The van der Waals surface area contributed by atoms with Crippen molar-refractivity contribution in [3.05, 3.63) is 51.1 Å². The van der Waals surface area contributed by atoms with E-state index in [0.29, 0.717) is 5.78 Å². The van der Waals surface area contributed by atoms with Crippen molar-refractivity contribution in [1.82, 2.24) is 19.2 Å². The number of rotatable bonds is 3. The summed E-state index contributed by atoms with van der Waals surface area (Å²) in [7, 11) is 0. The lowest BCUT2D eigenvalue weighted by Gasteiger charge is -2.10. The van der Waals surface area contributed by atoms with E-state index in [9.17, 15) is 4.79 Å². The molecular formula is C20H20N4OS2. The lowest BCUT2D eigenvalue weighted by atomic mass is 10.1. The number of benzene rings is 1. The molecule has 0 saturated carbocycles. The van der Waals surface area contributed by atoms with Gasteiger partial charge in [0.2, 0.25) is 5.78 Å². The summed E-state index contributed by atoms with van der Waals surface area (Å²) in [4.78, 5) is 16.0. The van der Waals surface area contributed by atoms with Crippen molar-refractivity contribution in [2.24, 2.45) is 0 Å². The van der Waals surface area contributed by atoms with Crippen molar-refractivity contribution >= 4 is 39.1 Å². The molecule has 1 aliphatic rings. The van der Waals surface area contributed by atoms with Gasteiger partial charge in [-0.1, -0.05) is 43.3 Å². The van der Waals surface area contributed by atoms with E-state index >= 15 is 0 Å². The molecule has 1 aliphatic carbocycles. The van der Waals surface area contributed by atoms with Crippen LogP contribution in [0.4, 0.5) is 0 Å². The van der Waals surface area contributed by atoms with Crippen LogP contribution in [-0.4, -0.2) is 24.9 Å². The Bertz CT molecular complexity index is 1190. The maximum absolute atomic E-state index is 13.6. The molecule has 0 bridgehead atoms. The van der Waals surface area contributed by atoms with Gasteiger partial charge in [0.1, 0.15) is 4.83 Å². The summed E-state index contributed by atoms with van der Waals surface area (Å²) in [5.74, 6) is 1.52. The summed E-state index contributed by atoms with van der Waals surface area (Å²) in [6.07, 6.45) is 5.65. The number of fused-ring (bicyclic) bond motifs is 5. The number of para-hydroxylation sites is 1. The number of thiophene rings is 1. The minimum atomic E-state index is 0.0311. The van der Waals surface area contributed by atoms with E-state index < -0.39 is 0 Å². The predicted octanol–water partition coefficient (Wildman–Crippen LogP) is 4.48. The number of hydrogen-bond acceptors (Lipinski definition) is 5. The van der Waals surface area contributed by atoms with Crippen LogP contribution in [0.3, 0.4) is 0 Å². The van der Waals surface area contributed by atoms with Gasteiger partial charge in [0.15, 0.2) is 5.16 Å². The van der Waals surface area contributed by atoms with E-state index in [1.54, 1.807) is 27.7 Å². The van der Waals surface area contributed by atoms with Crippen LogP contribution in [0.5, 0.6) is 0 Å². The summed E-state index contributed by atoms with van der Waals surface area (Å²) in [5, 5.41) is 10.5. The largest absolute Gasteiger partial charge is 0.268 e. The van der Waals surface area contributed by atoms with Crippen LogP contribution in [0.2, 0.25) is 0 Å². The van der Waals surface area contributed by atoms with Gasteiger partial charge in [-0.3, -0.25) is 4.79 Å². The number of aromatic nitrogens is 4. The highest BCUT2D eigenvalue weighted by molar-refractivity contribution is 7.99. The second-order valence-corrected chi connectivity index (χ2v) is 9.09. The minimum absolute atomic E-state index is 0.0311. The average molecular weight is 397 g/mol. The van der Waals surface area contributed by atoms with E-state index in [1.807, 2.05) is 30.3 Å². The van der Waals surface area contributed by atoms with Crippen LogP contribution < -0.4 is 5.56 Å². The van der Waals surface area contributed by atoms with E-state index in [-0.39, 0.29) is 5.56 Å². The van der Waals surface area contributed by atoms with E-state index in [0.717, 1.165) is 46.1 Å². The van der Waals surface area contributed by atoms with Crippen LogP contribution >= 0.6 is 23.1 Å². The minimum Gasteiger partial charge on any atom is -0.268 e. The molecule has 3 aromatic heterocycles. The molecule has 0 spiro atoms. The van der Waals surface area contributed by atoms with Crippen molar-refractivity contribution in [3.8, 4) is 5.69 Å². The van der Waals surface area contributed by atoms with Crippen molar-refractivity contribution in [3.63, 3.8) is 0 Å². The zero-order valence-electron chi connectivity index (χ0n) is 15.1. The molecule has 1 aromatic carbocycles. The first-order chi connectivity index (χ1) is 13.3. The molecular weight excluding hydrogens is 376 g/mol. The molecule has 0 aliphatic heterocycles. The third-order valence-electron chi connectivity index (χ3n) is 5.13. The Morgan fingerprint density at radius 2 is 1.93 bits per heavy atom. The molecule has 4 aromatic rings. The monoisotopic (exact) mass is 396 g/mol. The molecule has 7 heteroatoms. The van der Waals surface area contributed by atoms with Crippen molar-refractivity contribution in [2.75, 3.05) is 5.75 Å². The fourth-order valence-corrected chi connectivity index (χ4v) is 6.02. The smallest absolute Gasteiger partial charge is 0.268 e. The maximum Gasteiger partial charge on any atom is 0.268 e. The first-order valence-electron chi connectivity index (χ1n) is 9.42. The standard InChI is InChI=1S/C20H20N4OS2/c1-2-26-20-22-21-19-23(13-9-5-3-6-10-13)17(25)16-14-11-7-4-8-12-15(14)27-18(16)24(19)20/h3,5-6,9-10H,2,4,7-8,11-12H2,1H3. The zero-order valence-corrected chi connectivity index (χ0v) is 16.8. The number of thioether (sulfide) groups is 1. The van der Waals surface area contributed by atoms with Gasteiger partial charge in [-0.2, -0.15) is 0 Å². The molecule has 5 nitrogen and oxygen atoms in total. The average Bonchev–Trinajstić information content (AvgIpc) is 3.17. The predicted molar refractivity (Wildman–Crippen MR) is 112 cm³/mol. The SMILES string of the molecule is CCSc1nnc2n(-c3ccccc3)c(=O)c3c4c(sc3n12)CCCCC4. The molecule has 0 N–H and O–H groups in total. The lowest BCUT2D eigenvalue weighted by Crippen LogP contribution is -2.22. The second kappa shape index (κ2) is 6.80. The Hall–Kier alpha value is -2.12. The Labute approximate surface area is 165 Å². The van der Waals surface area contributed by atoms with Crippen molar-refractivity contribution in [2.45, 2.75) is 44.2 Å². The summed E-state index contributed by atoms with van der Waals surface area (Å²) < 4.78 is 3.82. The third kappa shape index (κ3) is 2.63. The quantitative estimate of drug-likeness (QED) is 0.379. The molecule has 0 fully saturated rings. The Morgan fingerprint density at radius 1 is 1.11 bits per heavy atom. The first kappa shape index (κ1) is 17.0. The summed E-state index contributed by atoms with van der Waals surface area (Å²) in [6, 6.07) is 9.78. The lowest BCUT2D eigenvalue weighted by molar-refractivity contribution is 0.713. The van der Waals surface area contributed by atoms with Gasteiger partial charge in [0.25, 0.3) is 5.56 Å². The molecule has 3 heterocycles. The van der Waals surface area contributed by atoms with Crippen LogP contribution in [0.1, 0.15) is 36.6 Å². The molecule has 0 amide bonds. The van der Waals surface area contributed by atoms with Gasteiger partial charge in [-0.05, 0) is 49.1 Å². The molecule has 138 valence electrons. The summed E-state index contributed by atoms with van der Waals surface area (Å²) in [5.41, 5.74) is 2.12. The Balaban J connectivity index is 1.95. The number of hydrogen-bond donors (Lipinski definition) is 0. The molecule has 0 saturated heterocycles. The van der Waals surface area contributed by atoms with E-state index in [2.05, 4.69) is 21.5 Å². The van der Waals surface area contributed by atoms with Crippen LogP contribution in [-0.2, 0) is 12.8 Å². The molecule has 5 rings (SSSR count). The molecule has 0 atom stereocenters. The molecule has 0 radical (unpaired) electrons. The topological polar surface area (TPSA) is 52.2 Å². The fourth-order valence-electron chi connectivity index (χ4n) is 3.93. The van der Waals surface area contributed by atoms with Gasteiger partial charge >= 0.3 is 0 Å². The van der Waals surface area contributed by atoms with Crippen molar-refractivity contribution in [1.29, 1.82) is 0 Å². The van der Waals surface area contributed by atoms with E-state index in [1.165, 1.54) is 23.3 Å². The Morgan fingerprint density at radius 3 is 2.74 bits per heavy atom. The van der Waals surface area contributed by atoms with Crippen LogP contribution in [0, 0.1) is 0 Å². The number of aryl methyl sites for hydroxylation is 2. The highest BCUT2D eigenvalue weighted by atomic mass is 32.2. The van der Waals surface area contributed by atoms with Crippen molar-refractivity contribution < 1.29 is 0 Å². The normalized spacial score (nSPS) is 14.6. The fraction of sp³-hybridized carbons (Fsp3) is 0.350. The van der Waals surface area contributed by atoms with Gasteiger partial charge in [-0.15, -0.1) is 21.5 Å². The van der Waals surface area contributed by atoms with Gasteiger partial charge in [0, 0.05) is 4.88 Å². The molecule has 27 heavy (non-hydrogen) atoms. The van der Waals surface area contributed by atoms with Crippen LogP contribution in [0.15, 0.2) is 40.3 Å². The second-order valence-electron chi connectivity index (χ2n) is 6.77. The third-order valence-corrected chi connectivity index (χ3v) is 7.21. The van der Waals surface area contributed by atoms with Gasteiger partial charge in [0.05, 0.1) is 11.1 Å². The summed E-state index contributed by atoms with van der Waals surface area (Å²) >= 11 is 3.43. The molecule has 0 unspecified atom stereocenters. The van der Waals surface area contributed by atoms with Crippen LogP contribution in [0.25, 0.3) is 21.7 Å². The maximum atomic E-state index is 13.6.